The molecule has 0 fully saturated rings. The first-order valence-corrected chi connectivity index (χ1v) is 7.61. The van der Waals surface area contributed by atoms with Crippen LogP contribution in [0.15, 0.2) is 35.1 Å². The molecule has 1 unspecified atom stereocenters. The number of para-hydroxylation sites is 2. The van der Waals surface area contributed by atoms with Gasteiger partial charge in [-0.05, 0) is 25.5 Å². The Hall–Kier alpha value is -3.09. The summed E-state index contributed by atoms with van der Waals surface area (Å²) in [6.07, 6.45) is 0.738. The molecule has 2 amide bonds. The number of carbonyl (C=O) groups excluding carboxylic acids is 2. The number of amides is 2. The summed E-state index contributed by atoms with van der Waals surface area (Å²) in [5.74, 6) is -0.831. The number of carbonyl (C=O) groups is 2. The van der Waals surface area contributed by atoms with Gasteiger partial charge in [0.1, 0.15) is 11.6 Å². The standard InChI is InChI=1S/C17H17N3O4/c1-3-9(2)24-12-7-5-4-6-11(12)20-13(21)8-10-14(15(20)18)17(23)19-16(10)22/h4-9H,3,18H2,1-2H3,(H,19,22,23). The third kappa shape index (κ3) is 2.44. The van der Waals surface area contributed by atoms with Gasteiger partial charge in [-0.15, -0.1) is 0 Å². The summed E-state index contributed by atoms with van der Waals surface area (Å²) in [6.45, 7) is 3.90. The maximum Gasteiger partial charge on any atom is 0.262 e. The molecule has 0 bridgehead atoms. The molecule has 24 heavy (non-hydrogen) atoms. The van der Waals surface area contributed by atoms with Crippen molar-refractivity contribution in [2.24, 2.45) is 0 Å². The number of imide groups is 1. The zero-order valence-corrected chi connectivity index (χ0v) is 13.3. The first-order valence-electron chi connectivity index (χ1n) is 7.61. The normalized spacial score (nSPS) is 14.2. The van der Waals surface area contributed by atoms with Gasteiger partial charge in [0.15, 0.2) is 0 Å². The van der Waals surface area contributed by atoms with E-state index in [0.717, 1.165) is 12.5 Å². The van der Waals surface area contributed by atoms with E-state index in [1.54, 1.807) is 24.3 Å². The van der Waals surface area contributed by atoms with Crippen LogP contribution >= 0.6 is 0 Å². The van der Waals surface area contributed by atoms with Crippen LogP contribution in [0.1, 0.15) is 41.0 Å². The number of benzene rings is 1. The predicted octanol–water partition coefficient (Wildman–Crippen LogP) is 1.48. The minimum atomic E-state index is -0.616. The molecule has 0 radical (unpaired) electrons. The quantitative estimate of drug-likeness (QED) is 0.828. The fraction of sp³-hybridized carbons (Fsp3) is 0.235. The van der Waals surface area contributed by atoms with Crippen molar-refractivity contribution in [1.82, 2.24) is 9.88 Å². The van der Waals surface area contributed by atoms with E-state index >= 15 is 0 Å². The number of anilines is 1. The van der Waals surface area contributed by atoms with Crippen LogP contribution in [-0.4, -0.2) is 22.5 Å². The SMILES string of the molecule is CCC(C)Oc1ccccc1-n1c(N)c2c(cc1=O)C(=O)NC2=O. The number of hydrogen-bond acceptors (Lipinski definition) is 5. The summed E-state index contributed by atoms with van der Waals surface area (Å²) in [5.41, 5.74) is 5.98. The number of fused-ring (bicyclic) bond motifs is 1. The van der Waals surface area contributed by atoms with Gasteiger partial charge in [0.05, 0.1) is 22.9 Å². The Morgan fingerprint density at radius 1 is 1.21 bits per heavy atom. The summed E-state index contributed by atoms with van der Waals surface area (Å²) in [5, 5.41) is 2.14. The Labute approximate surface area is 138 Å². The lowest BCUT2D eigenvalue weighted by Gasteiger charge is -2.18. The second-order valence-corrected chi connectivity index (χ2v) is 5.58. The van der Waals surface area contributed by atoms with E-state index in [4.69, 9.17) is 10.5 Å². The highest BCUT2D eigenvalue weighted by Crippen LogP contribution is 2.28. The van der Waals surface area contributed by atoms with Crippen LogP contribution in [-0.2, 0) is 0 Å². The number of nitrogens with one attached hydrogen (secondary N) is 1. The molecule has 0 aliphatic carbocycles. The molecule has 1 atom stereocenters. The van der Waals surface area contributed by atoms with E-state index in [1.165, 1.54) is 4.57 Å². The molecule has 2 aromatic rings. The second-order valence-electron chi connectivity index (χ2n) is 5.58. The molecule has 7 heteroatoms. The number of rotatable bonds is 4. The molecular weight excluding hydrogens is 310 g/mol. The van der Waals surface area contributed by atoms with Crippen LogP contribution in [0.4, 0.5) is 5.82 Å². The van der Waals surface area contributed by atoms with Gasteiger partial charge < -0.3 is 10.5 Å². The van der Waals surface area contributed by atoms with Crippen molar-refractivity contribution in [2.45, 2.75) is 26.4 Å². The number of nitrogen functional groups attached to an aromatic ring is 1. The minimum absolute atomic E-state index is 0.000856. The van der Waals surface area contributed by atoms with E-state index in [1.807, 2.05) is 13.8 Å². The summed E-state index contributed by atoms with van der Waals surface area (Å²) in [4.78, 5) is 36.2. The summed E-state index contributed by atoms with van der Waals surface area (Å²) in [7, 11) is 0. The molecule has 124 valence electrons. The third-order valence-electron chi connectivity index (χ3n) is 3.96. The van der Waals surface area contributed by atoms with Gasteiger partial charge in [0.25, 0.3) is 17.4 Å². The number of nitrogens with zero attached hydrogens (tertiary/aromatic N) is 1. The molecule has 1 aliphatic heterocycles. The first-order chi connectivity index (χ1) is 11.4. The lowest BCUT2D eigenvalue weighted by atomic mass is 10.1. The number of nitrogens with two attached hydrogens (primary N) is 1. The summed E-state index contributed by atoms with van der Waals surface area (Å²) < 4.78 is 7.03. The van der Waals surface area contributed by atoms with Gasteiger partial charge in [0, 0.05) is 6.07 Å². The fourth-order valence-corrected chi connectivity index (χ4v) is 2.57. The Bertz CT molecular complexity index is 901. The van der Waals surface area contributed by atoms with E-state index < -0.39 is 17.4 Å². The third-order valence-corrected chi connectivity index (χ3v) is 3.96. The van der Waals surface area contributed by atoms with Crippen molar-refractivity contribution in [3.63, 3.8) is 0 Å². The zero-order chi connectivity index (χ0) is 17.4. The van der Waals surface area contributed by atoms with E-state index in [0.29, 0.717) is 11.4 Å². The fourth-order valence-electron chi connectivity index (χ4n) is 2.57. The van der Waals surface area contributed by atoms with Crippen molar-refractivity contribution in [3.8, 4) is 11.4 Å². The highest BCUT2D eigenvalue weighted by Gasteiger charge is 2.32. The van der Waals surface area contributed by atoms with Crippen LogP contribution in [0.25, 0.3) is 5.69 Å². The van der Waals surface area contributed by atoms with Crippen molar-refractivity contribution in [2.75, 3.05) is 5.73 Å². The molecular formula is C17H17N3O4. The zero-order valence-electron chi connectivity index (χ0n) is 13.3. The second kappa shape index (κ2) is 5.84. The van der Waals surface area contributed by atoms with Gasteiger partial charge in [-0.25, -0.2) is 0 Å². The number of ether oxygens (including phenoxy) is 1. The largest absolute Gasteiger partial charge is 0.489 e. The van der Waals surface area contributed by atoms with Gasteiger partial charge in [-0.2, -0.15) is 0 Å². The van der Waals surface area contributed by atoms with E-state index in [9.17, 15) is 14.4 Å². The molecule has 0 saturated heterocycles. The Balaban J connectivity index is 2.22. The van der Waals surface area contributed by atoms with E-state index in [2.05, 4.69) is 5.32 Å². The van der Waals surface area contributed by atoms with Gasteiger partial charge in [-0.3, -0.25) is 24.3 Å². The highest BCUT2D eigenvalue weighted by atomic mass is 16.5. The molecule has 1 aliphatic rings. The van der Waals surface area contributed by atoms with Crippen molar-refractivity contribution >= 4 is 17.6 Å². The monoisotopic (exact) mass is 327 g/mol. The van der Waals surface area contributed by atoms with Crippen LogP contribution in [0.5, 0.6) is 5.75 Å². The van der Waals surface area contributed by atoms with E-state index in [-0.39, 0.29) is 23.0 Å². The number of pyridine rings is 1. The van der Waals surface area contributed by atoms with Crippen LogP contribution in [0, 0.1) is 0 Å². The smallest absolute Gasteiger partial charge is 0.262 e. The average molecular weight is 327 g/mol. The molecule has 7 nitrogen and oxygen atoms in total. The minimum Gasteiger partial charge on any atom is -0.489 e. The van der Waals surface area contributed by atoms with Gasteiger partial charge >= 0.3 is 0 Å². The molecule has 3 N–H and O–H groups in total. The van der Waals surface area contributed by atoms with Crippen molar-refractivity contribution in [3.05, 3.63) is 51.8 Å². The molecule has 2 heterocycles. The molecule has 0 spiro atoms. The summed E-state index contributed by atoms with van der Waals surface area (Å²) in [6, 6.07) is 8.05. The van der Waals surface area contributed by atoms with Crippen molar-refractivity contribution < 1.29 is 14.3 Å². The average Bonchev–Trinajstić information content (AvgIpc) is 2.83. The van der Waals surface area contributed by atoms with Crippen LogP contribution < -0.4 is 21.3 Å². The molecule has 1 aromatic heterocycles. The van der Waals surface area contributed by atoms with Gasteiger partial charge in [0.2, 0.25) is 0 Å². The molecule has 1 aromatic carbocycles. The molecule has 0 saturated carbocycles. The Morgan fingerprint density at radius 3 is 2.62 bits per heavy atom. The maximum atomic E-state index is 12.5. The maximum absolute atomic E-state index is 12.5. The van der Waals surface area contributed by atoms with Crippen LogP contribution in [0.3, 0.4) is 0 Å². The first kappa shape index (κ1) is 15.8. The Morgan fingerprint density at radius 2 is 1.92 bits per heavy atom. The lowest BCUT2D eigenvalue weighted by molar-refractivity contribution is 0.0880. The number of hydrogen-bond donors (Lipinski definition) is 2. The van der Waals surface area contributed by atoms with Crippen LogP contribution in [0.2, 0.25) is 0 Å². The Kier molecular flexibility index (Phi) is 3.84. The van der Waals surface area contributed by atoms with Gasteiger partial charge in [-0.1, -0.05) is 19.1 Å². The highest BCUT2D eigenvalue weighted by molar-refractivity contribution is 6.23. The number of aromatic nitrogens is 1. The molecule has 3 rings (SSSR count). The predicted molar refractivity (Wildman–Crippen MR) is 88.6 cm³/mol. The topological polar surface area (TPSA) is 103 Å². The lowest BCUT2D eigenvalue weighted by Crippen LogP contribution is -2.25. The van der Waals surface area contributed by atoms with Crippen molar-refractivity contribution in [1.29, 1.82) is 0 Å². The summed E-state index contributed by atoms with van der Waals surface area (Å²) >= 11 is 0.